The number of urea groups is 1. The fourth-order valence-electron chi connectivity index (χ4n) is 2.95. The Balaban J connectivity index is 1.58. The molecule has 0 bridgehead atoms. The molecule has 0 unspecified atom stereocenters. The first-order chi connectivity index (χ1) is 10.6. The molecule has 1 aliphatic rings. The Hall–Kier alpha value is -2.24. The number of nitrogens with one attached hydrogen (secondary N) is 2. The largest absolute Gasteiger partial charge is 0.419 e. The van der Waals surface area contributed by atoms with E-state index in [0.717, 1.165) is 23.9 Å². The van der Waals surface area contributed by atoms with Gasteiger partial charge in [-0.2, -0.15) is 0 Å². The molecule has 6 heteroatoms. The number of aromatic nitrogens is 1. The van der Waals surface area contributed by atoms with Crippen LogP contribution < -0.4 is 16.4 Å². The van der Waals surface area contributed by atoms with E-state index in [1.54, 1.807) is 13.1 Å². The molecule has 1 aliphatic carbocycles. The van der Waals surface area contributed by atoms with E-state index < -0.39 is 0 Å². The molecule has 1 aromatic heterocycles. The van der Waals surface area contributed by atoms with Gasteiger partial charge in [-0.25, -0.2) is 9.59 Å². The predicted molar refractivity (Wildman–Crippen MR) is 83.7 cm³/mol. The number of oxazole rings is 1. The summed E-state index contributed by atoms with van der Waals surface area (Å²) in [6.45, 7) is 0.410. The summed E-state index contributed by atoms with van der Waals surface area (Å²) in [6, 6.07) is 5.66. The summed E-state index contributed by atoms with van der Waals surface area (Å²) in [6.07, 6.45) is 5.77. The van der Waals surface area contributed by atoms with Crippen molar-refractivity contribution in [1.29, 1.82) is 0 Å². The van der Waals surface area contributed by atoms with Gasteiger partial charge in [0.25, 0.3) is 0 Å². The van der Waals surface area contributed by atoms with E-state index in [1.807, 2.05) is 12.1 Å². The fourth-order valence-corrected chi connectivity index (χ4v) is 2.95. The van der Waals surface area contributed by atoms with Crippen LogP contribution in [0.2, 0.25) is 0 Å². The van der Waals surface area contributed by atoms with E-state index in [2.05, 4.69) is 10.6 Å². The molecule has 3 rings (SSSR count). The van der Waals surface area contributed by atoms with Crippen molar-refractivity contribution in [3.05, 3.63) is 34.3 Å². The molecule has 2 aromatic rings. The van der Waals surface area contributed by atoms with Gasteiger partial charge in [-0.1, -0.05) is 25.3 Å². The Kier molecular flexibility index (Phi) is 4.18. The third-order valence-electron chi connectivity index (χ3n) is 4.25. The number of hydrogen-bond acceptors (Lipinski definition) is 3. The molecule has 22 heavy (non-hydrogen) atoms. The normalized spacial score (nSPS) is 15.9. The summed E-state index contributed by atoms with van der Waals surface area (Å²) in [5, 5.41) is 5.87. The van der Waals surface area contributed by atoms with Crippen LogP contribution >= 0.6 is 0 Å². The maximum absolute atomic E-state index is 11.9. The molecule has 2 N–H and O–H groups in total. The first-order valence-electron chi connectivity index (χ1n) is 7.76. The summed E-state index contributed by atoms with van der Waals surface area (Å²) in [7, 11) is 1.67. The van der Waals surface area contributed by atoms with Crippen LogP contribution in [0.4, 0.5) is 4.79 Å². The number of fused-ring (bicyclic) bond motifs is 1. The van der Waals surface area contributed by atoms with Gasteiger partial charge in [-0.15, -0.1) is 0 Å². The molecular formula is C16H21N3O3. The monoisotopic (exact) mass is 303 g/mol. The zero-order valence-electron chi connectivity index (χ0n) is 12.7. The standard InChI is InChI=1S/C16H21N3O3/c1-19-13-8-7-11(9-14(13)22-16(19)21)10-17-15(20)18-12-5-3-2-4-6-12/h7-9,12H,2-6,10H2,1H3,(H2,17,18,20). The quantitative estimate of drug-likeness (QED) is 0.913. The average Bonchev–Trinajstić information content (AvgIpc) is 2.81. The highest BCUT2D eigenvalue weighted by molar-refractivity contribution is 5.75. The number of nitrogens with zero attached hydrogens (tertiary/aromatic N) is 1. The zero-order valence-corrected chi connectivity index (χ0v) is 12.7. The van der Waals surface area contributed by atoms with Crippen molar-refractivity contribution in [2.75, 3.05) is 0 Å². The van der Waals surface area contributed by atoms with Crippen molar-refractivity contribution in [3.63, 3.8) is 0 Å². The topological polar surface area (TPSA) is 76.3 Å². The molecule has 0 aliphatic heterocycles. The summed E-state index contributed by atoms with van der Waals surface area (Å²) in [5.41, 5.74) is 2.19. The minimum Gasteiger partial charge on any atom is -0.408 e. The second-order valence-corrected chi connectivity index (χ2v) is 5.89. The van der Waals surface area contributed by atoms with Crippen LogP contribution in [0.25, 0.3) is 11.1 Å². The van der Waals surface area contributed by atoms with Crippen LogP contribution in [-0.4, -0.2) is 16.6 Å². The van der Waals surface area contributed by atoms with Crippen LogP contribution in [0.15, 0.2) is 27.4 Å². The van der Waals surface area contributed by atoms with E-state index in [4.69, 9.17) is 4.42 Å². The molecule has 0 radical (unpaired) electrons. The summed E-state index contributed by atoms with van der Waals surface area (Å²) in [5.74, 6) is -0.379. The van der Waals surface area contributed by atoms with Gasteiger partial charge < -0.3 is 15.1 Å². The van der Waals surface area contributed by atoms with Crippen LogP contribution in [-0.2, 0) is 13.6 Å². The van der Waals surface area contributed by atoms with Gasteiger partial charge in [0.15, 0.2) is 5.58 Å². The zero-order chi connectivity index (χ0) is 15.5. The van der Waals surface area contributed by atoms with Gasteiger partial charge in [-0.05, 0) is 30.5 Å². The van der Waals surface area contributed by atoms with Crippen molar-refractivity contribution in [2.24, 2.45) is 7.05 Å². The van der Waals surface area contributed by atoms with Gasteiger partial charge in [0.2, 0.25) is 0 Å². The smallest absolute Gasteiger partial charge is 0.408 e. The maximum atomic E-state index is 11.9. The van der Waals surface area contributed by atoms with E-state index in [1.165, 1.54) is 23.8 Å². The first kappa shape index (κ1) is 14.7. The van der Waals surface area contributed by atoms with Crippen molar-refractivity contribution in [1.82, 2.24) is 15.2 Å². The number of benzene rings is 1. The number of rotatable bonds is 3. The Morgan fingerprint density at radius 3 is 2.86 bits per heavy atom. The highest BCUT2D eigenvalue weighted by Crippen LogP contribution is 2.17. The van der Waals surface area contributed by atoms with Crippen molar-refractivity contribution < 1.29 is 9.21 Å². The predicted octanol–water partition coefficient (Wildman–Crippen LogP) is 2.26. The number of aryl methyl sites for hydroxylation is 1. The lowest BCUT2D eigenvalue weighted by Crippen LogP contribution is -2.42. The lowest BCUT2D eigenvalue weighted by Gasteiger charge is -2.22. The molecule has 1 saturated carbocycles. The molecule has 1 aromatic carbocycles. The number of amides is 2. The molecular weight excluding hydrogens is 282 g/mol. The minimum absolute atomic E-state index is 0.137. The Morgan fingerprint density at radius 2 is 2.09 bits per heavy atom. The third kappa shape index (κ3) is 3.16. The summed E-state index contributed by atoms with van der Waals surface area (Å²) < 4.78 is 6.61. The van der Waals surface area contributed by atoms with Crippen LogP contribution in [0.5, 0.6) is 0 Å². The van der Waals surface area contributed by atoms with Crippen molar-refractivity contribution in [3.8, 4) is 0 Å². The Labute approximate surface area is 128 Å². The van der Waals surface area contributed by atoms with E-state index >= 15 is 0 Å². The fraction of sp³-hybridized carbons (Fsp3) is 0.500. The molecule has 6 nitrogen and oxygen atoms in total. The molecule has 0 spiro atoms. The number of hydrogen-bond donors (Lipinski definition) is 2. The van der Waals surface area contributed by atoms with E-state index in [9.17, 15) is 9.59 Å². The van der Waals surface area contributed by atoms with Crippen LogP contribution in [0.1, 0.15) is 37.7 Å². The summed E-state index contributed by atoms with van der Waals surface area (Å²) in [4.78, 5) is 23.4. The Morgan fingerprint density at radius 1 is 1.32 bits per heavy atom. The highest BCUT2D eigenvalue weighted by Gasteiger charge is 2.15. The SMILES string of the molecule is Cn1c(=O)oc2cc(CNC(=O)NC3CCCCC3)ccc21. The van der Waals surface area contributed by atoms with Crippen molar-refractivity contribution >= 4 is 17.1 Å². The second-order valence-electron chi connectivity index (χ2n) is 5.89. The molecule has 0 atom stereocenters. The molecule has 2 amide bonds. The van der Waals surface area contributed by atoms with Gasteiger partial charge in [0, 0.05) is 19.6 Å². The van der Waals surface area contributed by atoms with Gasteiger partial charge in [0.1, 0.15) is 0 Å². The highest BCUT2D eigenvalue weighted by atomic mass is 16.4. The second kappa shape index (κ2) is 6.25. The lowest BCUT2D eigenvalue weighted by atomic mass is 9.96. The van der Waals surface area contributed by atoms with Gasteiger partial charge in [-0.3, -0.25) is 4.57 Å². The van der Waals surface area contributed by atoms with Gasteiger partial charge in [0.05, 0.1) is 5.52 Å². The molecule has 118 valence electrons. The Bertz CT molecular complexity index is 726. The van der Waals surface area contributed by atoms with Gasteiger partial charge >= 0.3 is 11.8 Å². The van der Waals surface area contributed by atoms with Crippen LogP contribution in [0, 0.1) is 0 Å². The van der Waals surface area contributed by atoms with E-state index in [-0.39, 0.29) is 11.8 Å². The van der Waals surface area contributed by atoms with Crippen LogP contribution in [0.3, 0.4) is 0 Å². The minimum atomic E-state index is -0.379. The van der Waals surface area contributed by atoms with E-state index in [0.29, 0.717) is 18.2 Å². The number of carbonyl (C=O) groups is 1. The van der Waals surface area contributed by atoms with Crippen molar-refractivity contribution in [2.45, 2.75) is 44.7 Å². The average molecular weight is 303 g/mol. The lowest BCUT2D eigenvalue weighted by molar-refractivity contribution is 0.232. The number of carbonyl (C=O) groups excluding carboxylic acids is 1. The molecule has 1 fully saturated rings. The first-order valence-corrected chi connectivity index (χ1v) is 7.76. The molecule has 1 heterocycles. The third-order valence-corrected chi connectivity index (χ3v) is 4.25. The maximum Gasteiger partial charge on any atom is 0.419 e. The summed E-state index contributed by atoms with van der Waals surface area (Å²) >= 11 is 0. The molecule has 0 saturated heterocycles.